The van der Waals surface area contributed by atoms with E-state index in [9.17, 15) is 9.18 Å². The zero-order chi connectivity index (χ0) is 20.2. The molecule has 4 nitrogen and oxygen atoms in total. The molecule has 0 saturated carbocycles. The standard InChI is InChI=1S/C24H25FN2O2/c1-2-3-16-29-21-11-9-18(10-12-21)24(28)27-15-14-26-13-5-8-22(26)23(27)19-6-4-7-20(25)17-19/h4-13,17,23H,2-3,14-16H2,1H3. The fourth-order valence-corrected chi connectivity index (χ4v) is 3.82. The number of fused-ring (bicyclic) bond motifs is 1. The van der Waals surface area contributed by atoms with E-state index in [2.05, 4.69) is 11.5 Å². The number of rotatable bonds is 6. The number of carbonyl (C=O) groups excluding carboxylic acids is 1. The summed E-state index contributed by atoms with van der Waals surface area (Å²) in [5.74, 6) is 0.406. The monoisotopic (exact) mass is 392 g/mol. The van der Waals surface area contributed by atoms with Crippen LogP contribution in [0.25, 0.3) is 0 Å². The molecule has 1 unspecified atom stereocenters. The van der Waals surface area contributed by atoms with Crippen LogP contribution in [0.3, 0.4) is 0 Å². The Labute approximate surface area is 170 Å². The van der Waals surface area contributed by atoms with Gasteiger partial charge in [0.25, 0.3) is 5.91 Å². The van der Waals surface area contributed by atoms with E-state index in [1.165, 1.54) is 12.1 Å². The molecular weight excluding hydrogens is 367 g/mol. The van der Waals surface area contributed by atoms with E-state index in [1.807, 2.05) is 41.4 Å². The Morgan fingerprint density at radius 1 is 1.10 bits per heavy atom. The van der Waals surface area contributed by atoms with Crippen molar-refractivity contribution < 1.29 is 13.9 Å². The number of aromatic nitrogens is 1. The lowest BCUT2D eigenvalue weighted by Crippen LogP contribution is -2.42. The van der Waals surface area contributed by atoms with Gasteiger partial charge in [0.05, 0.1) is 12.6 Å². The topological polar surface area (TPSA) is 34.5 Å². The molecule has 1 amide bonds. The highest BCUT2D eigenvalue weighted by atomic mass is 19.1. The number of benzene rings is 2. The summed E-state index contributed by atoms with van der Waals surface area (Å²) in [6, 6.07) is 17.4. The van der Waals surface area contributed by atoms with Gasteiger partial charge in [-0.3, -0.25) is 4.79 Å². The molecule has 29 heavy (non-hydrogen) atoms. The van der Waals surface area contributed by atoms with Crippen molar-refractivity contribution in [3.8, 4) is 5.75 Å². The summed E-state index contributed by atoms with van der Waals surface area (Å²) < 4.78 is 21.7. The van der Waals surface area contributed by atoms with Crippen LogP contribution in [0.5, 0.6) is 5.75 Å². The van der Waals surface area contributed by atoms with Crippen LogP contribution in [0.1, 0.15) is 47.4 Å². The van der Waals surface area contributed by atoms with Gasteiger partial charge in [-0.05, 0) is 60.5 Å². The number of nitrogens with zero attached hydrogens (tertiary/aromatic N) is 2. The Morgan fingerprint density at radius 3 is 2.69 bits per heavy atom. The van der Waals surface area contributed by atoms with Crippen LogP contribution in [0, 0.1) is 5.82 Å². The highest BCUT2D eigenvalue weighted by Crippen LogP contribution is 2.34. The molecule has 1 aliphatic heterocycles. The van der Waals surface area contributed by atoms with Gasteiger partial charge in [0.1, 0.15) is 11.6 Å². The van der Waals surface area contributed by atoms with Crippen molar-refractivity contribution in [2.45, 2.75) is 32.4 Å². The maximum atomic E-state index is 13.9. The summed E-state index contributed by atoms with van der Waals surface area (Å²) in [6.45, 7) is 4.08. The van der Waals surface area contributed by atoms with E-state index in [4.69, 9.17) is 4.74 Å². The largest absolute Gasteiger partial charge is 0.494 e. The van der Waals surface area contributed by atoms with E-state index in [1.54, 1.807) is 18.2 Å². The third kappa shape index (κ3) is 4.04. The van der Waals surface area contributed by atoms with Crippen LogP contribution >= 0.6 is 0 Å². The molecule has 0 aliphatic carbocycles. The number of carbonyl (C=O) groups is 1. The molecule has 0 fully saturated rings. The second kappa shape index (κ2) is 8.52. The SMILES string of the molecule is CCCCOc1ccc(C(=O)N2CCn3cccc3C2c2cccc(F)c2)cc1. The number of hydrogen-bond donors (Lipinski definition) is 0. The molecule has 1 atom stereocenters. The molecule has 0 spiro atoms. The lowest BCUT2D eigenvalue weighted by Gasteiger charge is -2.37. The minimum Gasteiger partial charge on any atom is -0.494 e. The molecular formula is C24H25FN2O2. The highest BCUT2D eigenvalue weighted by Gasteiger charge is 2.32. The minimum atomic E-state index is -0.317. The fourth-order valence-electron chi connectivity index (χ4n) is 3.82. The highest BCUT2D eigenvalue weighted by molar-refractivity contribution is 5.95. The average Bonchev–Trinajstić information content (AvgIpc) is 3.22. The van der Waals surface area contributed by atoms with Gasteiger partial charge < -0.3 is 14.2 Å². The van der Waals surface area contributed by atoms with E-state index < -0.39 is 0 Å². The number of ether oxygens (including phenoxy) is 1. The first-order chi connectivity index (χ1) is 14.2. The van der Waals surface area contributed by atoms with Gasteiger partial charge >= 0.3 is 0 Å². The molecule has 150 valence electrons. The molecule has 0 saturated heterocycles. The molecule has 0 bridgehead atoms. The molecule has 2 aromatic carbocycles. The summed E-state index contributed by atoms with van der Waals surface area (Å²) in [5, 5.41) is 0. The molecule has 0 N–H and O–H groups in total. The van der Waals surface area contributed by atoms with Crippen LogP contribution in [-0.2, 0) is 6.54 Å². The predicted molar refractivity (Wildman–Crippen MR) is 111 cm³/mol. The van der Waals surface area contributed by atoms with Crippen molar-refractivity contribution in [2.75, 3.05) is 13.2 Å². The van der Waals surface area contributed by atoms with Crippen molar-refractivity contribution >= 4 is 5.91 Å². The molecule has 2 heterocycles. The molecule has 0 radical (unpaired) electrons. The van der Waals surface area contributed by atoms with Crippen molar-refractivity contribution in [3.05, 3.63) is 89.5 Å². The average molecular weight is 392 g/mol. The summed E-state index contributed by atoms with van der Waals surface area (Å²) in [4.78, 5) is 15.2. The summed E-state index contributed by atoms with van der Waals surface area (Å²) in [7, 11) is 0. The summed E-state index contributed by atoms with van der Waals surface area (Å²) in [6.07, 6.45) is 4.09. The van der Waals surface area contributed by atoms with Crippen LogP contribution in [0.4, 0.5) is 4.39 Å². The van der Waals surface area contributed by atoms with Gasteiger partial charge in [0, 0.05) is 30.5 Å². The second-order valence-corrected chi connectivity index (χ2v) is 7.31. The van der Waals surface area contributed by atoms with Crippen LogP contribution in [0.15, 0.2) is 66.9 Å². The first-order valence-electron chi connectivity index (χ1n) is 10.1. The van der Waals surface area contributed by atoms with E-state index in [0.717, 1.165) is 36.4 Å². The van der Waals surface area contributed by atoms with Gasteiger partial charge in [-0.1, -0.05) is 25.5 Å². The molecule has 1 aromatic heterocycles. The number of halogens is 1. The molecule has 1 aliphatic rings. The number of hydrogen-bond acceptors (Lipinski definition) is 2. The zero-order valence-electron chi connectivity index (χ0n) is 16.6. The molecule has 5 heteroatoms. The maximum Gasteiger partial charge on any atom is 0.254 e. The third-order valence-corrected chi connectivity index (χ3v) is 5.33. The van der Waals surface area contributed by atoms with Crippen molar-refractivity contribution in [3.63, 3.8) is 0 Å². The summed E-state index contributed by atoms with van der Waals surface area (Å²) >= 11 is 0. The predicted octanol–water partition coefficient (Wildman–Crippen LogP) is 5.05. The zero-order valence-corrected chi connectivity index (χ0v) is 16.6. The van der Waals surface area contributed by atoms with Crippen LogP contribution < -0.4 is 4.74 Å². The Kier molecular flexibility index (Phi) is 5.65. The minimum absolute atomic E-state index is 0.0631. The van der Waals surface area contributed by atoms with Gasteiger partial charge in [0.15, 0.2) is 0 Å². The Hall–Kier alpha value is -3.08. The third-order valence-electron chi connectivity index (χ3n) is 5.33. The van der Waals surface area contributed by atoms with E-state index in [0.29, 0.717) is 18.7 Å². The van der Waals surface area contributed by atoms with Crippen LogP contribution in [0.2, 0.25) is 0 Å². The lowest BCUT2D eigenvalue weighted by atomic mass is 9.98. The Balaban J connectivity index is 1.61. The molecule has 3 aromatic rings. The lowest BCUT2D eigenvalue weighted by molar-refractivity contribution is 0.0663. The normalized spacial score (nSPS) is 15.8. The van der Waals surface area contributed by atoms with Gasteiger partial charge in [0.2, 0.25) is 0 Å². The van der Waals surface area contributed by atoms with E-state index in [-0.39, 0.29) is 17.8 Å². The molecule has 4 rings (SSSR count). The first kappa shape index (κ1) is 19.2. The number of amides is 1. The number of unbranched alkanes of at least 4 members (excludes halogenated alkanes) is 1. The quantitative estimate of drug-likeness (QED) is 0.550. The summed E-state index contributed by atoms with van der Waals surface area (Å²) in [5.41, 5.74) is 2.38. The van der Waals surface area contributed by atoms with Crippen molar-refractivity contribution in [1.82, 2.24) is 9.47 Å². The fraction of sp³-hybridized carbons (Fsp3) is 0.292. The van der Waals surface area contributed by atoms with Gasteiger partial charge in [-0.25, -0.2) is 4.39 Å². The maximum absolute atomic E-state index is 13.9. The van der Waals surface area contributed by atoms with Crippen molar-refractivity contribution in [2.24, 2.45) is 0 Å². The van der Waals surface area contributed by atoms with Crippen LogP contribution in [-0.4, -0.2) is 28.5 Å². The second-order valence-electron chi connectivity index (χ2n) is 7.31. The Morgan fingerprint density at radius 2 is 1.93 bits per heavy atom. The van der Waals surface area contributed by atoms with Gasteiger partial charge in [-0.2, -0.15) is 0 Å². The first-order valence-corrected chi connectivity index (χ1v) is 10.1. The van der Waals surface area contributed by atoms with E-state index >= 15 is 0 Å². The smallest absolute Gasteiger partial charge is 0.254 e. The Bertz CT molecular complexity index is 981. The van der Waals surface area contributed by atoms with Gasteiger partial charge in [-0.15, -0.1) is 0 Å². The van der Waals surface area contributed by atoms with Crippen molar-refractivity contribution in [1.29, 1.82) is 0 Å².